The molecule has 6 heteroatoms. The molecule has 0 aromatic heterocycles. The Morgan fingerprint density at radius 3 is 2.44 bits per heavy atom. The van der Waals surface area contributed by atoms with Crippen molar-refractivity contribution in [2.45, 2.75) is 17.9 Å². The predicted molar refractivity (Wildman–Crippen MR) is 55.8 cm³/mol. The minimum absolute atomic E-state index is 0.0884. The molecule has 1 aromatic carbocycles. The molecule has 1 rings (SSSR count). The fraction of sp³-hybridized carbons (Fsp3) is 0.300. The molecule has 1 aromatic rings. The molecule has 0 fully saturated rings. The second-order valence-electron chi connectivity index (χ2n) is 3.21. The van der Waals surface area contributed by atoms with E-state index in [0.717, 1.165) is 12.1 Å². The van der Waals surface area contributed by atoms with Gasteiger partial charge in [0, 0.05) is 5.56 Å². The molecule has 0 aliphatic rings. The number of Topliss-reactive ketones (excluding diaryl/α,β-unsaturated/α-hetero) is 1. The largest absolute Gasteiger partial charge is 0.507 e. The van der Waals surface area contributed by atoms with Gasteiger partial charge in [0.05, 0.1) is 10.4 Å². The molecule has 1 atom stereocenters. The van der Waals surface area contributed by atoms with Gasteiger partial charge in [-0.3, -0.25) is 4.79 Å². The highest BCUT2D eigenvalue weighted by atomic mass is 79.9. The molecule has 1 unspecified atom stereocenters. The normalized spacial score (nSPS) is 13.6. The molecule has 2 nitrogen and oxygen atoms in total. The highest BCUT2D eigenvalue weighted by Crippen LogP contribution is 2.36. The van der Waals surface area contributed by atoms with Crippen LogP contribution in [-0.2, 0) is 6.18 Å². The summed E-state index contributed by atoms with van der Waals surface area (Å²) in [6, 6.07) is 2.67. The number of benzene rings is 1. The predicted octanol–water partition coefficient (Wildman–Crippen LogP) is 3.38. The van der Waals surface area contributed by atoms with Gasteiger partial charge in [0.1, 0.15) is 5.75 Å². The zero-order chi connectivity index (χ0) is 12.5. The van der Waals surface area contributed by atoms with Gasteiger partial charge in [-0.25, -0.2) is 0 Å². The van der Waals surface area contributed by atoms with Crippen molar-refractivity contribution in [2.24, 2.45) is 0 Å². The molecule has 0 bridgehead atoms. The van der Waals surface area contributed by atoms with E-state index in [2.05, 4.69) is 15.9 Å². The van der Waals surface area contributed by atoms with Crippen LogP contribution in [-0.4, -0.2) is 15.7 Å². The highest BCUT2D eigenvalue weighted by Gasteiger charge is 2.34. The summed E-state index contributed by atoms with van der Waals surface area (Å²) in [5, 5.41) is 9.05. The van der Waals surface area contributed by atoms with Crippen LogP contribution in [0.1, 0.15) is 22.8 Å². The van der Waals surface area contributed by atoms with Gasteiger partial charge >= 0.3 is 6.18 Å². The van der Waals surface area contributed by atoms with Gasteiger partial charge in [-0.2, -0.15) is 13.2 Å². The number of alkyl halides is 4. The second kappa shape index (κ2) is 4.45. The summed E-state index contributed by atoms with van der Waals surface area (Å²) >= 11 is 2.98. The number of carbonyl (C=O) groups is 1. The van der Waals surface area contributed by atoms with Crippen LogP contribution < -0.4 is 0 Å². The average molecular weight is 297 g/mol. The van der Waals surface area contributed by atoms with Crippen LogP contribution in [0.2, 0.25) is 0 Å². The van der Waals surface area contributed by atoms with Gasteiger partial charge in [0.25, 0.3) is 0 Å². The SMILES string of the molecule is CC(Br)C(=O)c1ccc(O)c(C(F)(F)F)c1. The van der Waals surface area contributed by atoms with Crippen molar-refractivity contribution in [1.82, 2.24) is 0 Å². The van der Waals surface area contributed by atoms with Gasteiger partial charge in [0.15, 0.2) is 5.78 Å². The van der Waals surface area contributed by atoms with Crippen LogP contribution in [0.3, 0.4) is 0 Å². The van der Waals surface area contributed by atoms with Gasteiger partial charge in [-0.05, 0) is 25.1 Å². The Balaban J connectivity index is 3.23. The van der Waals surface area contributed by atoms with E-state index in [4.69, 9.17) is 5.11 Å². The number of carbonyl (C=O) groups excluding carboxylic acids is 1. The van der Waals surface area contributed by atoms with Crippen molar-refractivity contribution in [3.05, 3.63) is 29.3 Å². The van der Waals surface area contributed by atoms with Crippen molar-refractivity contribution < 1.29 is 23.1 Å². The first-order valence-electron chi connectivity index (χ1n) is 4.32. The first-order chi connectivity index (χ1) is 7.23. The third-order valence-corrected chi connectivity index (χ3v) is 2.36. The summed E-state index contributed by atoms with van der Waals surface area (Å²) in [6.45, 7) is 1.52. The lowest BCUT2D eigenvalue weighted by Gasteiger charge is -2.11. The Kier molecular flexibility index (Phi) is 3.62. The summed E-state index contributed by atoms with van der Waals surface area (Å²) in [5.41, 5.74) is -1.29. The first-order valence-corrected chi connectivity index (χ1v) is 5.23. The van der Waals surface area contributed by atoms with E-state index in [0.29, 0.717) is 6.07 Å². The van der Waals surface area contributed by atoms with Crippen molar-refractivity contribution in [1.29, 1.82) is 0 Å². The van der Waals surface area contributed by atoms with Crippen molar-refractivity contribution in [3.8, 4) is 5.75 Å². The third kappa shape index (κ3) is 2.75. The van der Waals surface area contributed by atoms with E-state index in [-0.39, 0.29) is 5.56 Å². The Labute approximate surface area is 98.2 Å². The molecule has 0 aliphatic carbocycles. The summed E-state index contributed by atoms with van der Waals surface area (Å²) in [4.78, 5) is 10.9. The molecule has 88 valence electrons. The van der Waals surface area contributed by atoms with Gasteiger partial charge in [0.2, 0.25) is 0 Å². The Bertz CT molecular complexity index is 413. The van der Waals surface area contributed by atoms with E-state index in [1.54, 1.807) is 0 Å². The minimum atomic E-state index is -4.67. The van der Waals surface area contributed by atoms with Gasteiger partial charge in [-0.15, -0.1) is 0 Å². The number of phenols is 1. The molecule has 1 N–H and O–H groups in total. The summed E-state index contributed by atoms with van der Waals surface area (Å²) in [6.07, 6.45) is -4.67. The number of halogens is 4. The topological polar surface area (TPSA) is 37.3 Å². The minimum Gasteiger partial charge on any atom is -0.507 e. The van der Waals surface area contributed by atoms with Crippen LogP contribution >= 0.6 is 15.9 Å². The Morgan fingerprint density at radius 2 is 2.00 bits per heavy atom. The fourth-order valence-electron chi connectivity index (χ4n) is 1.15. The summed E-state index contributed by atoms with van der Waals surface area (Å²) < 4.78 is 37.2. The molecule has 0 spiro atoms. The maximum absolute atomic E-state index is 12.4. The molecular weight excluding hydrogens is 289 g/mol. The lowest BCUT2D eigenvalue weighted by atomic mass is 10.0. The standard InChI is InChI=1S/C10H8BrF3O2/c1-5(11)9(16)6-2-3-8(15)7(4-6)10(12,13)14/h2-5,15H,1H3. The van der Waals surface area contributed by atoms with Crippen molar-refractivity contribution in [2.75, 3.05) is 0 Å². The van der Waals surface area contributed by atoms with Crippen LogP contribution in [0.5, 0.6) is 5.75 Å². The molecule has 0 aliphatic heterocycles. The molecule has 16 heavy (non-hydrogen) atoms. The van der Waals surface area contributed by atoms with Crippen molar-refractivity contribution in [3.63, 3.8) is 0 Å². The monoisotopic (exact) mass is 296 g/mol. The number of ketones is 1. The van der Waals surface area contributed by atoms with E-state index < -0.39 is 28.1 Å². The van der Waals surface area contributed by atoms with Gasteiger partial charge in [-0.1, -0.05) is 15.9 Å². The van der Waals surface area contributed by atoms with E-state index >= 15 is 0 Å². The average Bonchev–Trinajstić information content (AvgIpc) is 2.15. The van der Waals surface area contributed by atoms with E-state index in [9.17, 15) is 18.0 Å². The zero-order valence-corrected chi connectivity index (χ0v) is 9.76. The zero-order valence-electron chi connectivity index (χ0n) is 8.18. The molecule has 0 radical (unpaired) electrons. The summed E-state index contributed by atoms with van der Waals surface area (Å²) in [7, 11) is 0. The number of phenolic OH excluding ortho intramolecular Hbond substituents is 1. The smallest absolute Gasteiger partial charge is 0.419 e. The molecule has 0 heterocycles. The van der Waals surface area contributed by atoms with E-state index in [1.165, 1.54) is 6.92 Å². The third-order valence-electron chi connectivity index (χ3n) is 1.95. The fourth-order valence-corrected chi connectivity index (χ4v) is 1.41. The van der Waals surface area contributed by atoms with Crippen LogP contribution in [0.4, 0.5) is 13.2 Å². The number of hydrogen-bond acceptors (Lipinski definition) is 2. The lowest BCUT2D eigenvalue weighted by Crippen LogP contribution is -2.12. The first kappa shape index (κ1) is 13.0. The van der Waals surface area contributed by atoms with Gasteiger partial charge < -0.3 is 5.11 Å². The quantitative estimate of drug-likeness (QED) is 0.671. The maximum Gasteiger partial charge on any atom is 0.419 e. The molecule has 0 saturated heterocycles. The lowest BCUT2D eigenvalue weighted by molar-refractivity contribution is -0.138. The summed E-state index contributed by atoms with van der Waals surface area (Å²) in [5.74, 6) is -1.35. The highest BCUT2D eigenvalue weighted by molar-refractivity contribution is 9.10. The number of rotatable bonds is 2. The molecule has 0 amide bonds. The van der Waals surface area contributed by atoms with Crippen molar-refractivity contribution >= 4 is 21.7 Å². The van der Waals surface area contributed by atoms with Crippen LogP contribution in [0, 0.1) is 0 Å². The molecule has 0 saturated carbocycles. The second-order valence-corrected chi connectivity index (χ2v) is 4.58. The number of aromatic hydroxyl groups is 1. The number of hydrogen-bond donors (Lipinski definition) is 1. The van der Waals surface area contributed by atoms with E-state index in [1.807, 2.05) is 0 Å². The Hall–Kier alpha value is -1.04. The van der Waals surface area contributed by atoms with Crippen LogP contribution in [0.25, 0.3) is 0 Å². The molecular formula is C10H8BrF3O2. The Morgan fingerprint density at radius 1 is 1.44 bits per heavy atom. The maximum atomic E-state index is 12.4. The van der Waals surface area contributed by atoms with Crippen LogP contribution in [0.15, 0.2) is 18.2 Å².